The smallest absolute Gasteiger partial charge is 0.326 e. The fraction of sp³-hybridized carbons (Fsp3) is 0.667. The highest BCUT2D eigenvalue weighted by Crippen LogP contribution is 2.08. The van der Waals surface area contributed by atoms with Crippen molar-refractivity contribution in [1.29, 1.82) is 0 Å². The molecule has 1 amide bonds. The minimum Gasteiger partial charge on any atom is -0.480 e. The van der Waals surface area contributed by atoms with Gasteiger partial charge in [-0.1, -0.05) is 25.4 Å². The molecule has 7 heteroatoms. The predicted molar refractivity (Wildman–Crippen MR) is 66.4 cm³/mol. The Morgan fingerprint density at radius 2 is 2.16 bits per heavy atom. The van der Waals surface area contributed by atoms with Gasteiger partial charge in [0.15, 0.2) is 5.82 Å². The summed E-state index contributed by atoms with van der Waals surface area (Å²) in [5.41, 5.74) is 0. The first kappa shape index (κ1) is 15.1. The summed E-state index contributed by atoms with van der Waals surface area (Å²) in [5, 5.41) is 15.2. The van der Waals surface area contributed by atoms with Crippen LogP contribution in [0.1, 0.15) is 38.4 Å². The number of nitrogens with one attached hydrogen (secondary N) is 1. The Morgan fingerprint density at radius 3 is 2.63 bits per heavy atom. The Bertz CT molecular complexity index is 444. The molecule has 0 bridgehead atoms. The highest BCUT2D eigenvalue weighted by Gasteiger charge is 2.25. The van der Waals surface area contributed by atoms with Gasteiger partial charge in [0, 0.05) is 12.8 Å². The van der Waals surface area contributed by atoms with Gasteiger partial charge < -0.3 is 14.9 Å². The first-order chi connectivity index (χ1) is 8.93. The third-order valence-electron chi connectivity index (χ3n) is 2.93. The second kappa shape index (κ2) is 6.86. The van der Waals surface area contributed by atoms with Crippen molar-refractivity contribution in [3.05, 3.63) is 11.7 Å². The van der Waals surface area contributed by atoms with Crippen LogP contribution in [0.2, 0.25) is 0 Å². The highest BCUT2D eigenvalue weighted by molar-refractivity contribution is 5.83. The number of rotatable bonds is 7. The number of aliphatic carboxylic acids is 1. The number of amides is 1. The fourth-order valence-electron chi connectivity index (χ4n) is 1.59. The third kappa shape index (κ3) is 4.69. The molecule has 106 valence electrons. The summed E-state index contributed by atoms with van der Waals surface area (Å²) in [4.78, 5) is 26.7. The average Bonchev–Trinajstić information content (AvgIpc) is 2.78. The van der Waals surface area contributed by atoms with Crippen molar-refractivity contribution in [1.82, 2.24) is 15.5 Å². The van der Waals surface area contributed by atoms with Crippen LogP contribution in [0.15, 0.2) is 4.52 Å². The normalized spacial score (nSPS) is 13.8. The maximum absolute atomic E-state index is 11.7. The minimum absolute atomic E-state index is 0.118. The summed E-state index contributed by atoms with van der Waals surface area (Å²) < 4.78 is 4.88. The maximum atomic E-state index is 11.7. The second-order valence-corrected chi connectivity index (χ2v) is 4.50. The molecule has 0 saturated carbocycles. The topological polar surface area (TPSA) is 105 Å². The Hall–Kier alpha value is -1.92. The van der Waals surface area contributed by atoms with Gasteiger partial charge in [-0.25, -0.2) is 4.79 Å². The lowest BCUT2D eigenvalue weighted by molar-refractivity contribution is -0.143. The summed E-state index contributed by atoms with van der Waals surface area (Å²) in [6.45, 7) is 5.37. The van der Waals surface area contributed by atoms with Gasteiger partial charge in [0.25, 0.3) is 0 Å². The molecule has 1 unspecified atom stereocenters. The van der Waals surface area contributed by atoms with Crippen molar-refractivity contribution in [2.75, 3.05) is 0 Å². The Morgan fingerprint density at radius 1 is 1.47 bits per heavy atom. The maximum Gasteiger partial charge on any atom is 0.326 e. The molecule has 2 atom stereocenters. The molecule has 1 aromatic rings. The highest BCUT2D eigenvalue weighted by atomic mass is 16.5. The first-order valence-electron chi connectivity index (χ1n) is 6.25. The van der Waals surface area contributed by atoms with Gasteiger partial charge in [-0.05, 0) is 12.8 Å². The molecule has 0 aliphatic carbocycles. The van der Waals surface area contributed by atoms with E-state index in [-0.39, 0.29) is 18.2 Å². The number of carboxylic acids is 1. The molecule has 1 aromatic heterocycles. The van der Waals surface area contributed by atoms with Crippen molar-refractivity contribution in [2.24, 2.45) is 5.92 Å². The van der Waals surface area contributed by atoms with Crippen LogP contribution in [-0.4, -0.2) is 33.2 Å². The van der Waals surface area contributed by atoms with Gasteiger partial charge in [0.1, 0.15) is 6.04 Å². The standard InChI is InChI=1S/C12H19N3O4/c1-4-7(2)11(12(17)18)14-9(16)5-6-10-13-8(3)15-19-10/h7,11H,4-6H2,1-3H3,(H,14,16)(H,17,18)/t7?,11-/m0/s1. The zero-order chi connectivity index (χ0) is 14.4. The van der Waals surface area contributed by atoms with Crippen LogP contribution >= 0.6 is 0 Å². The van der Waals surface area contributed by atoms with Crippen LogP contribution in [-0.2, 0) is 16.0 Å². The minimum atomic E-state index is -1.02. The number of carbonyl (C=O) groups is 2. The van der Waals surface area contributed by atoms with E-state index in [1.165, 1.54) is 0 Å². The summed E-state index contributed by atoms with van der Waals surface area (Å²) in [6.07, 6.45) is 1.11. The van der Waals surface area contributed by atoms with Crippen LogP contribution < -0.4 is 5.32 Å². The van der Waals surface area contributed by atoms with E-state index in [9.17, 15) is 9.59 Å². The van der Waals surface area contributed by atoms with Gasteiger partial charge in [0.2, 0.25) is 11.8 Å². The van der Waals surface area contributed by atoms with Crippen molar-refractivity contribution >= 4 is 11.9 Å². The molecule has 7 nitrogen and oxygen atoms in total. The fourth-order valence-corrected chi connectivity index (χ4v) is 1.59. The Labute approximate surface area is 111 Å². The number of nitrogens with zero attached hydrogens (tertiary/aromatic N) is 2. The molecule has 2 N–H and O–H groups in total. The van der Waals surface area contributed by atoms with E-state index >= 15 is 0 Å². The number of hydrogen-bond acceptors (Lipinski definition) is 5. The van der Waals surface area contributed by atoms with Crippen LogP contribution in [0.3, 0.4) is 0 Å². The number of hydrogen-bond donors (Lipinski definition) is 2. The van der Waals surface area contributed by atoms with E-state index in [0.717, 1.165) is 0 Å². The lowest BCUT2D eigenvalue weighted by Crippen LogP contribution is -2.45. The quantitative estimate of drug-likeness (QED) is 0.762. The van der Waals surface area contributed by atoms with Gasteiger partial charge in [-0.15, -0.1) is 0 Å². The second-order valence-electron chi connectivity index (χ2n) is 4.50. The lowest BCUT2D eigenvalue weighted by Gasteiger charge is -2.19. The molecule has 0 aliphatic rings. The van der Waals surface area contributed by atoms with E-state index in [1.807, 2.05) is 6.92 Å². The van der Waals surface area contributed by atoms with Crippen molar-refractivity contribution in [3.63, 3.8) is 0 Å². The van der Waals surface area contributed by atoms with Crippen molar-refractivity contribution in [2.45, 2.75) is 46.1 Å². The molecule has 0 aromatic carbocycles. The SMILES string of the molecule is CCC(C)[C@H](NC(=O)CCc1nc(C)no1)C(=O)O. The third-order valence-corrected chi connectivity index (χ3v) is 2.93. The molecule has 1 rings (SSSR count). The summed E-state index contributed by atoms with van der Waals surface area (Å²) >= 11 is 0. The number of carboxylic acid groups (broad SMARTS) is 1. The predicted octanol–water partition coefficient (Wildman–Crippen LogP) is 0.926. The van der Waals surface area contributed by atoms with Gasteiger partial charge in [-0.2, -0.15) is 4.98 Å². The molecular formula is C12H19N3O4. The van der Waals surface area contributed by atoms with Gasteiger partial charge >= 0.3 is 5.97 Å². The van der Waals surface area contributed by atoms with Crippen LogP contribution in [0.25, 0.3) is 0 Å². The Kier molecular flexibility index (Phi) is 5.47. The summed E-state index contributed by atoms with van der Waals surface area (Å²) in [7, 11) is 0. The molecule has 0 saturated heterocycles. The zero-order valence-electron chi connectivity index (χ0n) is 11.3. The number of aryl methyl sites for hydroxylation is 2. The first-order valence-corrected chi connectivity index (χ1v) is 6.25. The molecule has 0 spiro atoms. The van der Waals surface area contributed by atoms with Crippen molar-refractivity contribution in [3.8, 4) is 0 Å². The molecule has 0 aliphatic heterocycles. The van der Waals surface area contributed by atoms with Crippen LogP contribution in [0.5, 0.6) is 0 Å². The average molecular weight is 269 g/mol. The summed E-state index contributed by atoms with van der Waals surface area (Å²) in [5.74, 6) is -0.575. The summed E-state index contributed by atoms with van der Waals surface area (Å²) in [6, 6.07) is -0.859. The lowest BCUT2D eigenvalue weighted by atomic mass is 9.99. The van der Waals surface area contributed by atoms with E-state index in [0.29, 0.717) is 24.6 Å². The largest absolute Gasteiger partial charge is 0.480 e. The van der Waals surface area contributed by atoms with E-state index in [1.54, 1.807) is 13.8 Å². The van der Waals surface area contributed by atoms with Gasteiger partial charge in [-0.3, -0.25) is 4.79 Å². The van der Waals surface area contributed by atoms with E-state index in [2.05, 4.69) is 15.5 Å². The van der Waals surface area contributed by atoms with Gasteiger partial charge in [0.05, 0.1) is 0 Å². The van der Waals surface area contributed by atoms with E-state index in [4.69, 9.17) is 9.63 Å². The zero-order valence-corrected chi connectivity index (χ0v) is 11.3. The van der Waals surface area contributed by atoms with E-state index < -0.39 is 12.0 Å². The number of carbonyl (C=O) groups excluding carboxylic acids is 1. The monoisotopic (exact) mass is 269 g/mol. The molecule has 0 radical (unpaired) electrons. The Balaban J connectivity index is 2.46. The van der Waals surface area contributed by atoms with Crippen molar-refractivity contribution < 1.29 is 19.2 Å². The van der Waals surface area contributed by atoms with Crippen LogP contribution in [0.4, 0.5) is 0 Å². The molecule has 1 heterocycles. The number of aromatic nitrogens is 2. The molecular weight excluding hydrogens is 250 g/mol. The molecule has 19 heavy (non-hydrogen) atoms. The molecule has 0 fully saturated rings. The van der Waals surface area contributed by atoms with Crippen LogP contribution in [0, 0.1) is 12.8 Å².